The van der Waals surface area contributed by atoms with E-state index in [1.807, 2.05) is 91.1 Å². The molecule has 9 heteroatoms. The van der Waals surface area contributed by atoms with Crippen molar-refractivity contribution in [3.63, 3.8) is 0 Å². The van der Waals surface area contributed by atoms with E-state index in [4.69, 9.17) is 11.5 Å². The number of para-hydroxylation sites is 1. The number of benzodiazepines with no additional fused rings is 1. The number of aromatic nitrogens is 2. The normalized spacial score (nSPS) is 16.2. The van der Waals surface area contributed by atoms with Crippen LogP contribution in [0.4, 0.5) is 5.69 Å². The molecule has 1 atom stereocenters. The van der Waals surface area contributed by atoms with Crippen LogP contribution in [0.2, 0.25) is 0 Å². The first-order valence-corrected chi connectivity index (χ1v) is 10.9. The molecule has 172 valence electrons. The molecule has 1 unspecified atom stereocenters. The second-order valence-electron chi connectivity index (χ2n) is 7.73. The van der Waals surface area contributed by atoms with E-state index in [0.29, 0.717) is 17.0 Å². The molecule has 0 saturated heterocycles. The van der Waals surface area contributed by atoms with Gasteiger partial charge in [-0.1, -0.05) is 48.5 Å². The molecule has 0 aliphatic carbocycles. The third-order valence-electron chi connectivity index (χ3n) is 5.39. The molecule has 5 N–H and O–H groups in total. The maximum atomic E-state index is 12.9. The van der Waals surface area contributed by atoms with E-state index in [-0.39, 0.29) is 11.8 Å². The van der Waals surface area contributed by atoms with Gasteiger partial charge in [0.2, 0.25) is 12.1 Å². The molecule has 1 aliphatic heterocycles. The van der Waals surface area contributed by atoms with Gasteiger partial charge in [0.15, 0.2) is 0 Å². The lowest BCUT2D eigenvalue weighted by molar-refractivity contribution is -0.117. The predicted octanol–water partition coefficient (Wildman–Crippen LogP) is 2.71. The summed E-state index contributed by atoms with van der Waals surface area (Å²) in [5.41, 5.74) is 16.7. The van der Waals surface area contributed by atoms with Crippen LogP contribution in [0.3, 0.4) is 0 Å². The predicted molar refractivity (Wildman–Crippen MR) is 137 cm³/mol. The number of hydrogen-bond donors (Lipinski definition) is 3. The van der Waals surface area contributed by atoms with Crippen LogP contribution in [0.25, 0.3) is 5.69 Å². The Kier molecular flexibility index (Phi) is 5.87. The molecule has 1 amide bonds. The Hall–Kier alpha value is -5.05. The summed E-state index contributed by atoms with van der Waals surface area (Å²) in [7, 11) is 0. The van der Waals surface area contributed by atoms with Crippen LogP contribution in [0.15, 0.2) is 112 Å². The van der Waals surface area contributed by atoms with Gasteiger partial charge in [0.25, 0.3) is 5.91 Å². The Morgan fingerprint density at radius 1 is 0.914 bits per heavy atom. The lowest BCUT2D eigenvalue weighted by Crippen LogP contribution is -2.27. The average molecular weight is 463 g/mol. The topological polar surface area (TPSA) is 136 Å². The van der Waals surface area contributed by atoms with Gasteiger partial charge < -0.3 is 16.8 Å². The molecule has 1 aromatic heterocycles. The number of amides is 1. The lowest BCUT2D eigenvalue weighted by Gasteiger charge is -2.09. The summed E-state index contributed by atoms with van der Waals surface area (Å²) in [4.78, 5) is 26.0. The van der Waals surface area contributed by atoms with Crippen molar-refractivity contribution in [2.75, 3.05) is 5.32 Å². The van der Waals surface area contributed by atoms with Crippen LogP contribution in [-0.2, 0) is 4.79 Å². The van der Waals surface area contributed by atoms with Gasteiger partial charge in [-0.3, -0.25) is 4.79 Å². The van der Waals surface area contributed by atoms with Gasteiger partial charge in [-0.25, -0.2) is 14.7 Å². The van der Waals surface area contributed by atoms with Crippen LogP contribution >= 0.6 is 0 Å². The Morgan fingerprint density at radius 2 is 1.66 bits per heavy atom. The summed E-state index contributed by atoms with van der Waals surface area (Å²) in [5, 5.41) is 7.08. The highest BCUT2D eigenvalue weighted by Crippen LogP contribution is 2.24. The number of nitrogens with zero attached hydrogens (tertiary/aromatic N) is 5. The fraction of sp³-hybridized carbons (Fsp3) is 0.0385. The van der Waals surface area contributed by atoms with Gasteiger partial charge in [-0.05, 0) is 36.4 Å². The standard InChI is InChI=1S/C26H22N8O/c27-23(18-11-13-19(14-12-18)34-16-6-15-29-34)32-26(28)33-24-25(35)30-21-10-5-4-9-20(21)22(31-24)17-7-2-1-3-8-17/h1-16,24H,(H,30,35)(H4,27,28,32,33). The number of rotatable bonds is 4. The second-order valence-corrected chi connectivity index (χ2v) is 7.73. The summed E-state index contributed by atoms with van der Waals surface area (Å²) in [6.07, 6.45) is 2.42. The second kappa shape index (κ2) is 9.44. The number of nitrogens with two attached hydrogens (primary N) is 2. The minimum absolute atomic E-state index is 0.152. The molecule has 1 aliphatic rings. The first-order valence-electron chi connectivity index (χ1n) is 10.9. The molecule has 5 rings (SSSR count). The average Bonchev–Trinajstić information content (AvgIpc) is 3.38. The smallest absolute Gasteiger partial charge is 0.271 e. The zero-order valence-corrected chi connectivity index (χ0v) is 18.6. The number of amidine groups is 1. The maximum absolute atomic E-state index is 12.9. The number of guanidine groups is 1. The van der Waals surface area contributed by atoms with Crippen molar-refractivity contribution < 1.29 is 4.79 Å². The molecule has 2 heterocycles. The first-order chi connectivity index (χ1) is 17.1. The molecule has 4 aromatic rings. The number of fused-ring (bicyclic) bond motifs is 1. The fourth-order valence-electron chi connectivity index (χ4n) is 3.71. The van der Waals surface area contributed by atoms with E-state index in [0.717, 1.165) is 16.8 Å². The Balaban J connectivity index is 1.45. The number of hydrogen-bond acceptors (Lipinski definition) is 4. The maximum Gasteiger partial charge on any atom is 0.271 e. The zero-order chi connectivity index (χ0) is 24.2. The van der Waals surface area contributed by atoms with E-state index in [1.165, 1.54) is 0 Å². The van der Waals surface area contributed by atoms with Gasteiger partial charge in [-0.15, -0.1) is 0 Å². The van der Waals surface area contributed by atoms with E-state index >= 15 is 0 Å². The SMILES string of the molecule is N/C(=N\C(N)=N\C1N=C(c2ccccc2)c2ccccc2NC1=O)c1ccc(-n2cccn2)cc1. The highest BCUT2D eigenvalue weighted by Gasteiger charge is 2.25. The van der Waals surface area contributed by atoms with Crippen molar-refractivity contribution in [1.82, 2.24) is 9.78 Å². The Bertz CT molecular complexity index is 1440. The number of benzene rings is 3. The van der Waals surface area contributed by atoms with Crippen molar-refractivity contribution in [3.8, 4) is 5.69 Å². The van der Waals surface area contributed by atoms with Crippen LogP contribution in [-0.4, -0.2) is 39.4 Å². The van der Waals surface area contributed by atoms with Gasteiger partial charge in [0.05, 0.1) is 17.1 Å². The Labute approximate surface area is 201 Å². The summed E-state index contributed by atoms with van der Waals surface area (Å²) in [6.45, 7) is 0. The number of nitrogens with one attached hydrogen (secondary N) is 1. The number of aliphatic imine (C=N–C) groups is 3. The van der Waals surface area contributed by atoms with E-state index in [2.05, 4.69) is 25.4 Å². The number of carbonyl (C=O) groups is 1. The third-order valence-corrected chi connectivity index (χ3v) is 5.39. The Morgan fingerprint density at radius 3 is 2.40 bits per heavy atom. The largest absolute Gasteiger partial charge is 0.383 e. The molecular formula is C26H22N8O. The fourth-order valence-corrected chi connectivity index (χ4v) is 3.71. The van der Waals surface area contributed by atoms with Crippen molar-refractivity contribution >= 4 is 29.1 Å². The first kappa shape index (κ1) is 21.8. The molecule has 3 aromatic carbocycles. The van der Waals surface area contributed by atoms with Crippen molar-refractivity contribution in [3.05, 3.63) is 114 Å². The zero-order valence-electron chi connectivity index (χ0n) is 18.6. The summed E-state index contributed by atoms with van der Waals surface area (Å²) in [5.74, 6) is -0.396. The van der Waals surface area contributed by atoms with Gasteiger partial charge >= 0.3 is 0 Å². The monoisotopic (exact) mass is 462 g/mol. The van der Waals surface area contributed by atoms with Crippen LogP contribution in [0.1, 0.15) is 16.7 Å². The number of anilines is 1. The van der Waals surface area contributed by atoms with Crippen LogP contribution < -0.4 is 16.8 Å². The van der Waals surface area contributed by atoms with Crippen molar-refractivity contribution in [2.24, 2.45) is 26.4 Å². The molecule has 0 radical (unpaired) electrons. The molecule has 0 fully saturated rings. The van der Waals surface area contributed by atoms with Crippen LogP contribution in [0, 0.1) is 0 Å². The summed E-state index contributed by atoms with van der Waals surface area (Å²) in [6, 6.07) is 26.3. The highest BCUT2D eigenvalue weighted by atomic mass is 16.2. The molecule has 9 nitrogen and oxygen atoms in total. The van der Waals surface area contributed by atoms with Gasteiger partial charge in [-0.2, -0.15) is 10.1 Å². The minimum Gasteiger partial charge on any atom is -0.383 e. The van der Waals surface area contributed by atoms with E-state index < -0.39 is 12.1 Å². The molecule has 0 saturated carbocycles. The molecule has 0 spiro atoms. The summed E-state index contributed by atoms with van der Waals surface area (Å²) >= 11 is 0. The van der Waals surface area contributed by atoms with E-state index in [9.17, 15) is 4.79 Å². The quantitative estimate of drug-likeness (QED) is 0.317. The molecule has 0 bridgehead atoms. The van der Waals surface area contributed by atoms with Crippen molar-refractivity contribution in [2.45, 2.75) is 6.17 Å². The lowest BCUT2D eigenvalue weighted by atomic mass is 10.0. The summed E-state index contributed by atoms with van der Waals surface area (Å²) < 4.78 is 1.73. The van der Waals surface area contributed by atoms with Gasteiger partial charge in [0, 0.05) is 29.1 Å². The van der Waals surface area contributed by atoms with Gasteiger partial charge in [0.1, 0.15) is 5.84 Å². The van der Waals surface area contributed by atoms with Crippen molar-refractivity contribution in [1.29, 1.82) is 0 Å². The molecule has 35 heavy (non-hydrogen) atoms. The highest BCUT2D eigenvalue weighted by molar-refractivity contribution is 6.19. The van der Waals surface area contributed by atoms with E-state index in [1.54, 1.807) is 10.9 Å². The molecular weight excluding hydrogens is 440 g/mol. The third kappa shape index (κ3) is 4.69. The minimum atomic E-state index is -1.13. The number of carbonyl (C=O) groups excluding carboxylic acids is 1. The van der Waals surface area contributed by atoms with Crippen LogP contribution in [0.5, 0.6) is 0 Å².